The Kier molecular flexibility index (Phi) is 2.33. The largest absolute Gasteiger partial charge is 0.399 e. The van der Waals surface area contributed by atoms with E-state index in [9.17, 15) is 0 Å². The summed E-state index contributed by atoms with van der Waals surface area (Å²) in [6, 6.07) is 12.2. The lowest BCUT2D eigenvalue weighted by Crippen LogP contribution is -1.91. The maximum absolute atomic E-state index is 5.82. The molecule has 0 amide bonds. The molecular formula is C15H15N3. The fourth-order valence-corrected chi connectivity index (χ4v) is 2.16. The zero-order valence-corrected chi connectivity index (χ0v) is 10.5. The summed E-state index contributed by atoms with van der Waals surface area (Å²) >= 11 is 0. The molecule has 2 heterocycles. The molecule has 1 aromatic carbocycles. The van der Waals surface area contributed by atoms with Gasteiger partial charge in [0.15, 0.2) is 0 Å². The van der Waals surface area contributed by atoms with Crippen molar-refractivity contribution in [3.8, 4) is 11.4 Å². The predicted octanol–water partition coefficient (Wildman–Crippen LogP) is 3.20. The van der Waals surface area contributed by atoms with Gasteiger partial charge in [0.1, 0.15) is 5.82 Å². The van der Waals surface area contributed by atoms with Gasteiger partial charge in [-0.2, -0.15) is 0 Å². The third-order valence-electron chi connectivity index (χ3n) is 3.16. The molecule has 0 aliphatic heterocycles. The molecule has 0 atom stereocenters. The van der Waals surface area contributed by atoms with E-state index in [-0.39, 0.29) is 0 Å². The second-order valence-corrected chi connectivity index (χ2v) is 4.60. The van der Waals surface area contributed by atoms with Gasteiger partial charge in [0.05, 0.1) is 11.2 Å². The quantitative estimate of drug-likeness (QED) is 0.706. The van der Waals surface area contributed by atoms with Crippen molar-refractivity contribution in [1.82, 2.24) is 9.38 Å². The van der Waals surface area contributed by atoms with Crippen LogP contribution in [0.25, 0.3) is 16.9 Å². The Bertz CT molecular complexity index is 708. The fraction of sp³-hybridized carbons (Fsp3) is 0.133. The molecule has 0 spiro atoms. The van der Waals surface area contributed by atoms with Crippen LogP contribution in [0.4, 0.5) is 5.69 Å². The van der Waals surface area contributed by atoms with Crippen molar-refractivity contribution in [2.45, 2.75) is 13.8 Å². The minimum absolute atomic E-state index is 0.765. The normalized spacial score (nSPS) is 11.0. The number of aromatic nitrogens is 2. The lowest BCUT2D eigenvalue weighted by atomic mass is 10.1. The van der Waals surface area contributed by atoms with Gasteiger partial charge in [0.2, 0.25) is 0 Å². The van der Waals surface area contributed by atoms with Crippen molar-refractivity contribution >= 4 is 11.2 Å². The van der Waals surface area contributed by atoms with Crippen molar-refractivity contribution in [3.05, 3.63) is 53.9 Å². The van der Waals surface area contributed by atoms with Gasteiger partial charge in [-0.25, -0.2) is 4.98 Å². The highest BCUT2D eigenvalue weighted by molar-refractivity contribution is 5.68. The number of pyridine rings is 1. The van der Waals surface area contributed by atoms with E-state index in [1.54, 1.807) is 0 Å². The first-order chi connectivity index (χ1) is 8.65. The van der Waals surface area contributed by atoms with Gasteiger partial charge in [-0.1, -0.05) is 29.8 Å². The summed E-state index contributed by atoms with van der Waals surface area (Å²) in [5, 5.41) is 0. The summed E-state index contributed by atoms with van der Waals surface area (Å²) in [5.41, 5.74) is 11.0. The molecule has 18 heavy (non-hydrogen) atoms. The third-order valence-corrected chi connectivity index (χ3v) is 3.16. The van der Waals surface area contributed by atoms with Crippen LogP contribution < -0.4 is 5.73 Å². The van der Waals surface area contributed by atoms with Crippen LogP contribution in [0.1, 0.15) is 11.3 Å². The van der Waals surface area contributed by atoms with Gasteiger partial charge in [0, 0.05) is 17.4 Å². The van der Waals surface area contributed by atoms with Crippen LogP contribution in [0.15, 0.2) is 42.6 Å². The van der Waals surface area contributed by atoms with Gasteiger partial charge >= 0.3 is 0 Å². The standard InChI is InChI=1S/C15H15N3/c1-10-3-5-12(6-4-10)15-17-11(2)14-9-13(16)7-8-18(14)15/h3-9H,16H2,1-2H3. The number of imidazole rings is 1. The molecular weight excluding hydrogens is 222 g/mol. The summed E-state index contributed by atoms with van der Waals surface area (Å²) in [7, 11) is 0. The maximum Gasteiger partial charge on any atom is 0.144 e. The van der Waals surface area contributed by atoms with E-state index in [1.165, 1.54) is 5.56 Å². The summed E-state index contributed by atoms with van der Waals surface area (Å²) in [6.45, 7) is 4.09. The Morgan fingerprint density at radius 1 is 1.06 bits per heavy atom. The van der Waals surface area contributed by atoms with Crippen LogP contribution in [0, 0.1) is 13.8 Å². The smallest absolute Gasteiger partial charge is 0.144 e. The highest BCUT2D eigenvalue weighted by Crippen LogP contribution is 2.23. The van der Waals surface area contributed by atoms with E-state index >= 15 is 0 Å². The number of nitrogens with two attached hydrogens (primary N) is 1. The molecule has 3 aromatic rings. The van der Waals surface area contributed by atoms with Crippen molar-refractivity contribution in [2.24, 2.45) is 0 Å². The Morgan fingerprint density at radius 3 is 2.50 bits per heavy atom. The molecule has 3 heteroatoms. The molecule has 2 N–H and O–H groups in total. The molecule has 0 aliphatic rings. The van der Waals surface area contributed by atoms with Crippen LogP contribution >= 0.6 is 0 Å². The lowest BCUT2D eigenvalue weighted by molar-refractivity contribution is 1.16. The molecule has 0 radical (unpaired) electrons. The monoisotopic (exact) mass is 237 g/mol. The van der Waals surface area contributed by atoms with Crippen molar-refractivity contribution < 1.29 is 0 Å². The molecule has 90 valence electrons. The van der Waals surface area contributed by atoms with E-state index < -0.39 is 0 Å². The number of rotatable bonds is 1. The first-order valence-electron chi connectivity index (χ1n) is 5.96. The molecule has 3 rings (SSSR count). The molecule has 0 saturated heterocycles. The Labute approximate surface area is 106 Å². The van der Waals surface area contributed by atoms with E-state index in [0.717, 1.165) is 28.3 Å². The molecule has 0 bridgehead atoms. The summed E-state index contributed by atoms with van der Waals surface area (Å²) in [6.07, 6.45) is 1.97. The first-order valence-corrected chi connectivity index (χ1v) is 5.96. The number of aryl methyl sites for hydroxylation is 2. The van der Waals surface area contributed by atoms with Gasteiger partial charge in [0.25, 0.3) is 0 Å². The average molecular weight is 237 g/mol. The zero-order chi connectivity index (χ0) is 12.7. The predicted molar refractivity (Wildman–Crippen MR) is 74.5 cm³/mol. The molecule has 3 nitrogen and oxygen atoms in total. The number of anilines is 1. The second kappa shape index (κ2) is 3.88. The average Bonchev–Trinajstić information content (AvgIpc) is 2.68. The number of benzene rings is 1. The molecule has 0 unspecified atom stereocenters. The van der Waals surface area contributed by atoms with Crippen LogP contribution in [-0.2, 0) is 0 Å². The second-order valence-electron chi connectivity index (χ2n) is 4.60. The van der Waals surface area contributed by atoms with E-state index in [0.29, 0.717) is 0 Å². The van der Waals surface area contributed by atoms with E-state index in [1.807, 2.05) is 25.3 Å². The molecule has 2 aromatic heterocycles. The van der Waals surface area contributed by atoms with Crippen molar-refractivity contribution in [3.63, 3.8) is 0 Å². The van der Waals surface area contributed by atoms with E-state index in [2.05, 4.69) is 40.6 Å². The third kappa shape index (κ3) is 1.64. The maximum atomic E-state index is 5.82. The van der Waals surface area contributed by atoms with Crippen LogP contribution in [0.3, 0.4) is 0 Å². The molecule has 0 saturated carbocycles. The topological polar surface area (TPSA) is 43.3 Å². The van der Waals surface area contributed by atoms with Crippen LogP contribution in [0.2, 0.25) is 0 Å². The Morgan fingerprint density at radius 2 is 1.78 bits per heavy atom. The van der Waals surface area contributed by atoms with E-state index in [4.69, 9.17) is 5.73 Å². The first kappa shape index (κ1) is 10.8. The van der Waals surface area contributed by atoms with Gasteiger partial charge < -0.3 is 5.73 Å². The van der Waals surface area contributed by atoms with Gasteiger partial charge in [-0.15, -0.1) is 0 Å². The summed E-state index contributed by atoms with van der Waals surface area (Å²) < 4.78 is 2.08. The van der Waals surface area contributed by atoms with Gasteiger partial charge in [-0.05, 0) is 26.0 Å². The highest BCUT2D eigenvalue weighted by Gasteiger charge is 2.09. The number of nitrogens with zero attached hydrogens (tertiary/aromatic N) is 2. The number of fused-ring (bicyclic) bond motifs is 1. The molecule has 0 fully saturated rings. The van der Waals surface area contributed by atoms with Crippen LogP contribution in [-0.4, -0.2) is 9.38 Å². The zero-order valence-electron chi connectivity index (χ0n) is 10.5. The number of hydrogen-bond donors (Lipinski definition) is 1. The van der Waals surface area contributed by atoms with Crippen molar-refractivity contribution in [2.75, 3.05) is 5.73 Å². The fourth-order valence-electron chi connectivity index (χ4n) is 2.16. The number of nitrogen functional groups attached to an aromatic ring is 1. The Hall–Kier alpha value is -2.29. The van der Waals surface area contributed by atoms with Gasteiger partial charge in [-0.3, -0.25) is 4.40 Å². The highest BCUT2D eigenvalue weighted by atomic mass is 15.0. The Balaban J connectivity index is 2.26. The summed E-state index contributed by atoms with van der Waals surface area (Å²) in [5.74, 6) is 0.961. The lowest BCUT2D eigenvalue weighted by Gasteiger charge is -2.02. The molecule has 0 aliphatic carbocycles. The SMILES string of the molecule is Cc1ccc(-c2nc(C)c3cc(N)ccn23)cc1. The van der Waals surface area contributed by atoms with Crippen LogP contribution in [0.5, 0.6) is 0 Å². The summed E-state index contributed by atoms with van der Waals surface area (Å²) in [4.78, 5) is 4.64. The minimum atomic E-state index is 0.765. The minimum Gasteiger partial charge on any atom is -0.399 e. The number of hydrogen-bond acceptors (Lipinski definition) is 2. The van der Waals surface area contributed by atoms with Crippen molar-refractivity contribution in [1.29, 1.82) is 0 Å².